The van der Waals surface area contributed by atoms with Gasteiger partial charge in [0, 0.05) is 11.8 Å². The van der Waals surface area contributed by atoms with Gasteiger partial charge in [-0.05, 0) is 19.1 Å². The number of esters is 1. The summed E-state index contributed by atoms with van der Waals surface area (Å²) in [6, 6.07) is 6.09. The minimum atomic E-state index is -0.488. The van der Waals surface area contributed by atoms with Gasteiger partial charge in [-0.25, -0.2) is 0 Å². The second-order valence-corrected chi connectivity index (χ2v) is 3.06. The monoisotopic (exact) mass is 223 g/mol. The van der Waals surface area contributed by atoms with E-state index < -0.39 is 5.97 Å². The van der Waals surface area contributed by atoms with Crippen LogP contribution >= 0.6 is 0 Å². The number of carbonyl (C=O) groups excluding carboxylic acids is 2. The van der Waals surface area contributed by atoms with Crippen LogP contribution in [0.2, 0.25) is 0 Å². The number of benzene rings is 1. The Hall–Kier alpha value is -2.04. The van der Waals surface area contributed by atoms with E-state index in [4.69, 9.17) is 4.74 Å². The summed E-state index contributed by atoms with van der Waals surface area (Å²) in [5.41, 5.74) is 0.447. The van der Waals surface area contributed by atoms with Gasteiger partial charge in [-0.1, -0.05) is 6.07 Å². The molecule has 1 amide bonds. The minimum absolute atomic E-state index is 0.0354. The van der Waals surface area contributed by atoms with Gasteiger partial charge in [0.1, 0.15) is 12.3 Å². The normalized spacial score (nSPS) is 9.56. The number of aromatic hydroxyl groups is 1. The molecule has 0 bridgehead atoms. The van der Waals surface area contributed by atoms with E-state index in [1.165, 1.54) is 12.1 Å². The topological polar surface area (TPSA) is 66.8 Å². The van der Waals surface area contributed by atoms with Crippen LogP contribution in [-0.4, -0.2) is 30.6 Å². The number of ether oxygens (including phenoxy) is 1. The fraction of sp³-hybridized carbons (Fsp3) is 0.273. The molecule has 5 heteroatoms. The van der Waals surface area contributed by atoms with Crippen LogP contribution in [0, 0.1) is 0 Å². The van der Waals surface area contributed by atoms with E-state index >= 15 is 0 Å². The number of amides is 1. The van der Waals surface area contributed by atoms with Crippen molar-refractivity contribution >= 4 is 18.1 Å². The average Bonchev–Trinajstić information content (AvgIpc) is 2.26. The lowest BCUT2D eigenvalue weighted by Gasteiger charge is -2.16. The van der Waals surface area contributed by atoms with E-state index in [-0.39, 0.29) is 18.9 Å². The fourth-order valence-corrected chi connectivity index (χ4v) is 1.21. The fourth-order valence-electron chi connectivity index (χ4n) is 1.21. The predicted octanol–water partition coefficient (Wildman–Crippen LogP) is 0.918. The van der Waals surface area contributed by atoms with Crippen LogP contribution in [0.3, 0.4) is 0 Å². The zero-order valence-electron chi connectivity index (χ0n) is 8.92. The van der Waals surface area contributed by atoms with Crippen molar-refractivity contribution in [2.45, 2.75) is 6.92 Å². The van der Waals surface area contributed by atoms with Crippen molar-refractivity contribution in [3.8, 4) is 5.75 Å². The summed E-state index contributed by atoms with van der Waals surface area (Å²) in [6.45, 7) is 1.80. The summed E-state index contributed by atoms with van der Waals surface area (Å²) in [6.07, 6.45) is 0.520. The maximum absolute atomic E-state index is 11.2. The third-order valence-electron chi connectivity index (χ3n) is 1.89. The molecule has 1 rings (SSSR count). The van der Waals surface area contributed by atoms with Gasteiger partial charge in [-0.15, -0.1) is 0 Å². The Bertz CT molecular complexity index is 378. The number of carbonyl (C=O) groups is 2. The van der Waals surface area contributed by atoms with Gasteiger partial charge in [-0.2, -0.15) is 0 Å². The molecule has 1 aromatic rings. The highest BCUT2D eigenvalue weighted by Gasteiger charge is 2.11. The zero-order valence-corrected chi connectivity index (χ0v) is 8.92. The van der Waals surface area contributed by atoms with Gasteiger partial charge in [-0.3, -0.25) is 9.59 Å². The van der Waals surface area contributed by atoms with E-state index in [1.54, 1.807) is 19.1 Å². The number of hydrogen-bond donors (Lipinski definition) is 1. The number of phenols is 1. The Morgan fingerprint density at radius 1 is 1.56 bits per heavy atom. The third-order valence-corrected chi connectivity index (χ3v) is 1.89. The van der Waals surface area contributed by atoms with Gasteiger partial charge in [0.05, 0.1) is 6.61 Å². The van der Waals surface area contributed by atoms with Crippen molar-refractivity contribution in [3.05, 3.63) is 24.3 Å². The van der Waals surface area contributed by atoms with Crippen LogP contribution in [0.15, 0.2) is 24.3 Å². The number of nitrogens with zero attached hydrogens (tertiary/aromatic N) is 1. The van der Waals surface area contributed by atoms with E-state index in [0.717, 1.165) is 4.90 Å². The maximum Gasteiger partial charge on any atom is 0.326 e. The Labute approximate surface area is 93.2 Å². The van der Waals surface area contributed by atoms with Crippen molar-refractivity contribution in [1.82, 2.24) is 0 Å². The summed E-state index contributed by atoms with van der Waals surface area (Å²) in [5.74, 6) is -0.453. The van der Waals surface area contributed by atoms with Gasteiger partial charge >= 0.3 is 5.97 Å². The third kappa shape index (κ3) is 3.27. The molecule has 1 N–H and O–H groups in total. The minimum Gasteiger partial charge on any atom is -0.508 e. The first kappa shape index (κ1) is 12.0. The smallest absolute Gasteiger partial charge is 0.326 e. The van der Waals surface area contributed by atoms with Crippen LogP contribution in [0.25, 0.3) is 0 Å². The Morgan fingerprint density at radius 3 is 2.88 bits per heavy atom. The molecule has 0 aromatic heterocycles. The summed E-state index contributed by atoms with van der Waals surface area (Å²) in [7, 11) is 0. The van der Waals surface area contributed by atoms with Gasteiger partial charge in [0.2, 0.25) is 6.41 Å². The summed E-state index contributed by atoms with van der Waals surface area (Å²) >= 11 is 0. The van der Waals surface area contributed by atoms with Crippen LogP contribution < -0.4 is 4.90 Å². The number of rotatable bonds is 5. The van der Waals surface area contributed by atoms with Crippen molar-refractivity contribution < 1.29 is 19.4 Å². The molecule has 0 radical (unpaired) electrons. The van der Waals surface area contributed by atoms with E-state index in [1.807, 2.05) is 0 Å². The predicted molar refractivity (Wildman–Crippen MR) is 58.1 cm³/mol. The molecular weight excluding hydrogens is 210 g/mol. The molecule has 0 aliphatic heterocycles. The van der Waals surface area contributed by atoms with Crippen LogP contribution in [0.4, 0.5) is 5.69 Å². The van der Waals surface area contributed by atoms with E-state index in [0.29, 0.717) is 12.1 Å². The van der Waals surface area contributed by atoms with Gasteiger partial charge < -0.3 is 14.7 Å². The molecule has 86 valence electrons. The van der Waals surface area contributed by atoms with Crippen molar-refractivity contribution in [2.24, 2.45) is 0 Å². The highest BCUT2D eigenvalue weighted by molar-refractivity contribution is 5.85. The lowest BCUT2D eigenvalue weighted by molar-refractivity contribution is -0.141. The first-order chi connectivity index (χ1) is 7.67. The Morgan fingerprint density at radius 2 is 2.31 bits per heavy atom. The number of phenolic OH excluding ortho intramolecular Hbond substituents is 1. The second kappa shape index (κ2) is 5.75. The lowest BCUT2D eigenvalue weighted by Crippen LogP contribution is -2.29. The molecule has 0 aliphatic rings. The standard InChI is InChI=1S/C11H13NO4/c1-2-16-11(15)7-12(8-13)9-4-3-5-10(14)6-9/h3-6,8,14H,2,7H2,1H3. The highest BCUT2D eigenvalue weighted by atomic mass is 16.5. The molecule has 16 heavy (non-hydrogen) atoms. The van der Waals surface area contributed by atoms with Crippen molar-refractivity contribution in [1.29, 1.82) is 0 Å². The first-order valence-corrected chi connectivity index (χ1v) is 4.84. The van der Waals surface area contributed by atoms with Crippen LogP contribution in [0.5, 0.6) is 5.75 Å². The maximum atomic E-state index is 11.2. The summed E-state index contributed by atoms with van der Waals surface area (Å²) in [4.78, 5) is 23.1. The van der Waals surface area contributed by atoms with E-state index in [2.05, 4.69) is 0 Å². The summed E-state index contributed by atoms with van der Waals surface area (Å²) in [5, 5.41) is 9.24. The molecule has 0 fully saturated rings. The molecule has 0 saturated carbocycles. The Kier molecular flexibility index (Phi) is 4.32. The number of anilines is 1. The van der Waals surface area contributed by atoms with Crippen LogP contribution in [-0.2, 0) is 14.3 Å². The van der Waals surface area contributed by atoms with Crippen molar-refractivity contribution in [3.63, 3.8) is 0 Å². The van der Waals surface area contributed by atoms with Crippen molar-refractivity contribution in [2.75, 3.05) is 18.1 Å². The molecule has 1 aromatic carbocycles. The van der Waals surface area contributed by atoms with Gasteiger partial charge in [0.25, 0.3) is 0 Å². The molecule has 0 spiro atoms. The largest absolute Gasteiger partial charge is 0.508 e. The Balaban J connectivity index is 2.74. The quantitative estimate of drug-likeness (QED) is 0.595. The highest BCUT2D eigenvalue weighted by Crippen LogP contribution is 2.18. The molecule has 0 unspecified atom stereocenters. The second-order valence-electron chi connectivity index (χ2n) is 3.06. The average molecular weight is 223 g/mol. The lowest BCUT2D eigenvalue weighted by atomic mass is 10.3. The molecule has 0 atom stereocenters. The molecular formula is C11H13NO4. The SMILES string of the molecule is CCOC(=O)CN(C=O)c1cccc(O)c1. The van der Waals surface area contributed by atoms with Gasteiger partial charge in [0.15, 0.2) is 0 Å². The zero-order chi connectivity index (χ0) is 12.0. The number of hydrogen-bond acceptors (Lipinski definition) is 4. The van der Waals surface area contributed by atoms with Crippen LogP contribution in [0.1, 0.15) is 6.92 Å². The first-order valence-electron chi connectivity index (χ1n) is 4.84. The molecule has 0 heterocycles. The molecule has 0 saturated heterocycles. The molecule has 5 nitrogen and oxygen atoms in total. The van der Waals surface area contributed by atoms with E-state index in [9.17, 15) is 14.7 Å². The molecule has 0 aliphatic carbocycles. The summed E-state index contributed by atoms with van der Waals surface area (Å²) < 4.78 is 4.72.